The summed E-state index contributed by atoms with van der Waals surface area (Å²) in [5, 5.41) is 22.4. The van der Waals surface area contributed by atoms with Gasteiger partial charge in [-0.15, -0.1) is 5.10 Å². The number of nitrogens with one attached hydrogen (secondary N) is 1. The Kier molecular flexibility index (Phi) is 4.66. The molecule has 0 amide bonds. The Morgan fingerprint density at radius 3 is 2.67 bits per heavy atom. The minimum Gasteiger partial charge on any atom is -0.363 e. The number of para-hydroxylation sites is 1. The SMILES string of the molecule is CCc1nnc(NCc2cccc3cccnc23)c(C#N)c1CC. The van der Waals surface area contributed by atoms with Crippen LogP contribution in [0.3, 0.4) is 0 Å². The molecule has 2 aromatic heterocycles. The number of pyridine rings is 1. The fourth-order valence-corrected chi connectivity index (χ4v) is 2.91. The molecule has 0 aliphatic heterocycles. The molecule has 1 aromatic carbocycles. The molecule has 0 spiro atoms. The average Bonchev–Trinajstić information content (AvgIpc) is 2.65. The maximum atomic E-state index is 9.55. The molecule has 0 atom stereocenters. The normalized spacial score (nSPS) is 10.5. The van der Waals surface area contributed by atoms with Crippen molar-refractivity contribution in [2.24, 2.45) is 0 Å². The van der Waals surface area contributed by atoms with E-state index >= 15 is 0 Å². The topological polar surface area (TPSA) is 74.5 Å². The lowest BCUT2D eigenvalue weighted by molar-refractivity contribution is 0.869. The first-order valence-corrected chi connectivity index (χ1v) is 8.13. The van der Waals surface area contributed by atoms with Gasteiger partial charge in [-0.3, -0.25) is 4.98 Å². The summed E-state index contributed by atoms with van der Waals surface area (Å²) in [7, 11) is 0. The van der Waals surface area contributed by atoms with Gasteiger partial charge in [0.05, 0.1) is 11.2 Å². The highest BCUT2D eigenvalue weighted by Crippen LogP contribution is 2.22. The number of benzene rings is 1. The van der Waals surface area contributed by atoms with Crippen molar-refractivity contribution >= 4 is 16.7 Å². The molecule has 2 heterocycles. The lowest BCUT2D eigenvalue weighted by atomic mass is 10.0. The Bertz CT molecular complexity index is 906. The predicted octanol–water partition coefficient (Wildman–Crippen LogP) is 3.63. The number of hydrogen-bond acceptors (Lipinski definition) is 5. The van der Waals surface area contributed by atoms with E-state index in [-0.39, 0.29) is 0 Å². The van der Waals surface area contributed by atoms with E-state index < -0.39 is 0 Å². The number of rotatable bonds is 5. The van der Waals surface area contributed by atoms with Crippen LogP contribution >= 0.6 is 0 Å². The van der Waals surface area contributed by atoms with Gasteiger partial charge in [0, 0.05) is 18.1 Å². The molecular formula is C19H19N5. The number of nitriles is 1. The average molecular weight is 317 g/mol. The summed E-state index contributed by atoms with van der Waals surface area (Å²) < 4.78 is 0. The monoisotopic (exact) mass is 317 g/mol. The summed E-state index contributed by atoms with van der Waals surface area (Å²) >= 11 is 0. The molecule has 5 nitrogen and oxygen atoms in total. The van der Waals surface area contributed by atoms with Crippen molar-refractivity contribution in [2.45, 2.75) is 33.2 Å². The maximum absolute atomic E-state index is 9.55. The van der Waals surface area contributed by atoms with Crippen LogP contribution in [0, 0.1) is 11.3 Å². The molecule has 0 fully saturated rings. The number of fused-ring (bicyclic) bond motifs is 1. The van der Waals surface area contributed by atoms with E-state index in [0.29, 0.717) is 17.9 Å². The largest absolute Gasteiger partial charge is 0.363 e. The first-order valence-electron chi connectivity index (χ1n) is 8.13. The summed E-state index contributed by atoms with van der Waals surface area (Å²) in [6.45, 7) is 4.61. The van der Waals surface area contributed by atoms with Gasteiger partial charge >= 0.3 is 0 Å². The van der Waals surface area contributed by atoms with E-state index in [0.717, 1.165) is 40.6 Å². The van der Waals surface area contributed by atoms with Gasteiger partial charge in [0.15, 0.2) is 5.82 Å². The van der Waals surface area contributed by atoms with E-state index in [1.165, 1.54) is 0 Å². The summed E-state index contributed by atoms with van der Waals surface area (Å²) in [4.78, 5) is 4.46. The van der Waals surface area contributed by atoms with Crippen LogP contribution in [0.25, 0.3) is 10.9 Å². The van der Waals surface area contributed by atoms with E-state index in [2.05, 4.69) is 26.6 Å². The van der Waals surface area contributed by atoms with E-state index in [4.69, 9.17) is 0 Å². The van der Waals surface area contributed by atoms with Crippen LogP contribution in [-0.4, -0.2) is 15.2 Å². The molecule has 0 aliphatic carbocycles. The van der Waals surface area contributed by atoms with Crippen LogP contribution in [0.15, 0.2) is 36.5 Å². The van der Waals surface area contributed by atoms with Crippen molar-refractivity contribution in [3.63, 3.8) is 0 Å². The van der Waals surface area contributed by atoms with Crippen molar-refractivity contribution in [1.29, 1.82) is 5.26 Å². The highest BCUT2D eigenvalue weighted by molar-refractivity contribution is 5.81. The van der Waals surface area contributed by atoms with E-state index in [9.17, 15) is 5.26 Å². The van der Waals surface area contributed by atoms with Crippen molar-refractivity contribution in [2.75, 3.05) is 5.32 Å². The number of anilines is 1. The molecule has 120 valence electrons. The Labute approximate surface area is 141 Å². The molecule has 3 rings (SSSR count). The van der Waals surface area contributed by atoms with Crippen LogP contribution in [0.5, 0.6) is 0 Å². The van der Waals surface area contributed by atoms with Crippen LogP contribution < -0.4 is 5.32 Å². The lowest BCUT2D eigenvalue weighted by Gasteiger charge is -2.12. The van der Waals surface area contributed by atoms with Gasteiger partial charge in [0.2, 0.25) is 0 Å². The first-order chi connectivity index (χ1) is 11.8. The lowest BCUT2D eigenvalue weighted by Crippen LogP contribution is -2.10. The zero-order valence-corrected chi connectivity index (χ0v) is 13.9. The zero-order chi connectivity index (χ0) is 16.9. The van der Waals surface area contributed by atoms with Crippen molar-refractivity contribution in [3.05, 3.63) is 58.9 Å². The Balaban J connectivity index is 1.93. The number of nitrogens with zero attached hydrogens (tertiary/aromatic N) is 4. The minimum atomic E-state index is 0.541. The van der Waals surface area contributed by atoms with E-state index in [1.54, 1.807) is 6.20 Å². The molecule has 0 bridgehead atoms. The highest BCUT2D eigenvalue weighted by Gasteiger charge is 2.14. The standard InChI is InChI=1S/C19H19N5/c1-3-15-16(11-20)19(24-23-17(15)4-2)22-12-14-8-5-7-13-9-6-10-21-18(13)14/h5-10H,3-4,12H2,1-2H3,(H,22,24). The van der Waals surface area contributed by atoms with Gasteiger partial charge in [-0.25, -0.2) is 0 Å². The third-order valence-corrected chi connectivity index (χ3v) is 4.12. The fourth-order valence-electron chi connectivity index (χ4n) is 2.91. The summed E-state index contributed by atoms with van der Waals surface area (Å²) in [6.07, 6.45) is 3.34. The van der Waals surface area contributed by atoms with E-state index in [1.807, 2.05) is 44.2 Å². The van der Waals surface area contributed by atoms with Gasteiger partial charge in [0.1, 0.15) is 11.6 Å². The van der Waals surface area contributed by atoms with Crippen LogP contribution in [0.4, 0.5) is 5.82 Å². The van der Waals surface area contributed by atoms with Crippen molar-refractivity contribution in [3.8, 4) is 6.07 Å². The Morgan fingerprint density at radius 1 is 1.08 bits per heavy atom. The molecule has 0 unspecified atom stereocenters. The molecule has 0 saturated heterocycles. The molecular weight excluding hydrogens is 298 g/mol. The van der Waals surface area contributed by atoms with Gasteiger partial charge in [-0.2, -0.15) is 10.4 Å². The van der Waals surface area contributed by atoms with Crippen LogP contribution in [0.2, 0.25) is 0 Å². The Hall–Kier alpha value is -3.00. The van der Waals surface area contributed by atoms with Crippen LogP contribution in [0.1, 0.15) is 36.2 Å². The molecule has 3 aromatic rings. The second kappa shape index (κ2) is 7.05. The summed E-state index contributed by atoms with van der Waals surface area (Å²) in [5.41, 5.74) is 4.49. The molecule has 0 saturated carbocycles. The molecule has 0 radical (unpaired) electrons. The van der Waals surface area contributed by atoms with Crippen molar-refractivity contribution in [1.82, 2.24) is 15.2 Å². The van der Waals surface area contributed by atoms with Gasteiger partial charge in [-0.05, 0) is 30.0 Å². The third kappa shape index (κ3) is 2.91. The van der Waals surface area contributed by atoms with Gasteiger partial charge in [-0.1, -0.05) is 38.1 Å². The van der Waals surface area contributed by atoms with Gasteiger partial charge < -0.3 is 5.32 Å². The maximum Gasteiger partial charge on any atom is 0.167 e. The first kappa shape index (κ1) is 15.9. The number of aryl methyl sites for hydroxylation is 1. The molecule has 0 aliphatic rings. The summed E-state index contributed by atoms with van der Waals surface area (Å²) in [5.74, 6) is 0.541. The minimum absolute atomic E-state index is 0.541. The number of aromatic nitrogens is 3. The van der Waals surface area contributed by atoms with Crippen LogP contribution in [-0.2, 0) is 19.4 Å². The quantitative estimate of drug-likeness (QED) is 0.777. The van der Waals surface area contributed by atoms with Crippen molar-refractivity contribution < 1.29 is 0 Å². The predicted molar refractivity (Wildman–Crippen MR) is 94.6 cm³/mol. The zero-order valence-electron chi connectivity index (χ0n) is 13.9. The second-order valence-electron chi connectivity index (χ2n) is 5.51. The molecule has 24 heavy (non-hydrogen) atoms. The second-order valence-corrected chi connectivity index (χ2v) is 5.51. The Morgan fingerprint density at radius 2 is 1.92 bits per heavy atom. The fraction of sp³-hybridized carbons (Fsp3) is 0.263. The number of hydrogen-bond donors (Lipinski definition) is 1. The third-order valence-electron chi connectivity index (χ3n) is 4.12. The molecule has 1 N–H and O–H groups in total. The molecule has 5 heteroatoms. The summed E-state index contributed by atoms with van der Waals surface area (Å²) in [6, 6.07) is 12.3. The smallest absolute Gasteiger partial charge is 0.167 e. The highest BCUT2D eigenvalue weighted by atomic mass is 15.2. The van der Waals surface area contributed by atoms with Gasteiger partial charge in [0.25, 0.3) is 0 Å².